The number of ether oxygens (including phenoxy) is 1. The SMILES string of the molecule is Cc1noc(C)c1-c1ccc2c(c1)OC(c1ccccc1F)C(=O)N2. The third kappa shape index (κ3) is 2.55. The van der Waals surface area contributed by atoms with Gasteiger partial charge in [0, 0.05) is 11.1 Å². The average molecular weight is 338 g/mol. The highest BCUT2D eigenvalue weighted by Gasteiger charge is 2.31. The maximum atomic E-state index is 14.1. The molecule has 3 aromatic rings. The van der Waals surface area contributed by atoms with Crippen LogP contribution in [0.2, 0.25) is 0 Å². The van der Waals surface area contributed by atoms with Crippen LogP contribution in [-0.4, -0.2) is 11.1 Å². The molecule has 2 heterocycles. The molecule has 0 spiro atoms. The topological polar surface area (TPSA) is 64.4 Å². The van der Waals surface area contributed by atoms with Gasteiger partial charge >= 0.3 is 0 Å². The zero-order valence-electron chi connectivity index (χ0n) is 13.7. The Bertz CT molecular complexity index is 961. The second-order valence-electron chi connectivity index (χ2n) is 5.92. The molecule has 1 atom stereocenters. The Morgan fingerprint density at radius 1 is 1.16 bits per heavy atom. The normalized spacial score (nSPS) is 16.1. The molecule has 0 radical (unpaired) electrons. The van der Waals surface area contributed by atoms with E-state index in [9.17, 15) is 9.18 Å². The van der Waals surface area contributed by atoms with E-state index in [-0.39, 0.29) is 5.56 Å². The van der Waals surface area contributed by atoms with Crippen molar-refractivity contribution < 1.29 is 18.4 Å². The highest BCUT2D eigenvalue weighted by Crippen LogP contribution is 2.39. The Hall–Kier alpha value is -3.15. The lowest BCUT2D eigenvalue weighted by atomic mass is 10.0. The van der Waals surface area contributed by atoms with Gasteiger partial charge in [-0.3, -0.25) is 4.79 Å². The predicted molar refractivity (Wildman–Crippen MR) is 89.8 cm³/mol. The molecule has 0 saturated heterocycles. The van der Waals surface area contributed by atoms with Crippen LogP contribution in [0.4, 0.5) is 10.1 Å². The number of rotatable bonds is 2. The fourth-order valence-corrected chi connectivity index (χ4v) is 3.04. The van der Waals surface area contributed by atoms with E-state index in [1.165, 1.54) is 6.07 Å². The van der Waals surface area contributed by atoms with Gasteiger partial charge in [0.1, 0.15) is 17.3 Å². The number of nitrogens with one attached hydrogen (secondary N) is 1. The lowest BCUT2D eigenvalue weighted by Gasteiger charge is -2.26. The fourth-order valence-electron chi connectivity index (χ4n) is 3.04. The molecule has 0 saturated carbocycles. The van der Waals surface area contributed by atoms with Crippen LogP contribution in [0.3, 0.4) is 0 Å². The molecule has 4 rings (SSSR count). The van der Waals surface area contributed by atoms with E-state index in [0.29, 0.717) is 17.2 Å². The first-order chi connectivity index (χ1) is 12.0. The number of amides is 1. The monoisotopic (exact) mass is 338 g/mol. The zero-order chi connectivity index (χ0) is 17.6. The number of carbonyl (C=O) groups is 1. The van der Waals surface area contributed by atoms with Crippen LogP contribution < -0.4 is 10.1 Å². The molecular formula is C19H15FN2O3. The smallest absolute Gasteiger partial charge is 0.270 e. The maximum absolute atomic E-state index is 14.1. The molecule has 6 heteroatoms. The van der Waals surface area contributed by atoms with Gasteiger partial charge in [-0.05, 0) is 37.6 Å². The minimum absolute atomic E-state index is 0.202. The highest BCUT2D eigenvalue weighted by atomic mass is 19.1. The van der Waals surface area contributed by atoms with Crippen molar-refractivity contribution in [3.05, 3.63) is 65.3 Å². The van der Waals surface area contributed by atoms with E-state index in [2.05, 4.69) is 10.5 Å². The number of carbonyl (C=O) groups excluding carboxylic acids is 1. The van der Waals surface area contributed by atoms with E-state index >= 15 is 0 Å². The van der Waals surface area contributed by atoms with E-state index in [1.807, 2.05) is 19.9 Å². The predicted octanol–water partition coefficient (Wildman–Crippen LogP) is 4.17. The Morgan fingerprint density at radius 2 is 1.96 bits per heavy atom. The molecule has 1 aliphatic heterocycles. The molecule has 0 fully saturated rings. The van der Waals surface area contributed by atoms with Crippen molar-refractivity contribution >= 4 is 11.6 Å². The first-order valence-corrected chi connectivity index (χ1v) is 7.84. The molecule has 1 aliphatic rings. The molecule has 1 unspecified atom stereocenters. The summed E-state index contributed by atoms with van der Waals surface area (Å²) in [6.45, 7) is 3.69. The summed E-state index contributed by atoms with van der Waals surface area (Å²) in [5, 5.41) is 6.72. The number of halogens is 1. The van der Waals surface area contributed by atoms with E-state index in [0.717, 1.165) is 16.8 Å². The Kier molecular flexibility index (Phi) is 3.53. The molecule has 1 aromatic heterocycles. The number of fused-ring (bicyclic) bond motifs is 1. The number of hydrogen-bond acceptors (Lipinski definition) is 4. The van der Waals surface area contributed by atoms with Crippen LogP contribution in [0.5, 0.6) is 5.75 Å². The van der Waals surface area contributed by atoms with Crippen molar-refractivity contribution in [1.82, 2.24) is 5.16 Å². The van der Waals surface area contributed by atoms with Crippen LogP contribution in [0, 0.1) is 19.7 Å². The minimum atomic E-state index is -1.03. The third-order valence-electron chi connectivity index (χ3n) is 4.23. The van der Waals surface area contributed by atoms with Gasteiger partial charge in [-0.2, -0.15) is 0 Å². The summed E-state index contributed by atoms with van der Waals surface area (Å²) >= 11 is 0. The van der Waals surface area contributed by atoms with Crippen LogP contribution >= 0.6 is 0 Å². The van der Waals surface area contributed by atoms with Gasteiger partial charge in [0.05, 0.1) is 11.4 Å². The molecule has 0 aliphatic carbocycles. The van der Waals surface area contributed by atoms with E-state index in [1.54, 1.807) is 30.3 Å². The quantitative estimate of drug-likeness (QED) is 0.762. The lowest BCUT2D eigenvalue weighted by molar-refractivity contribution is -0.123. The standard InChI is InChI=1S/C19H15FN2O3/c1-10-17(11(2)25-22-10)12-7-8-15-16(9-12)24-18(19(23)21-15)13-5-3-4-6-14(13)20/h3-9,18H,1-2H3,(H,21,23). The second kappa shape index (κ2) is 5.73. The number of hydrogen-bond donors (Lipinski definition) is 1. The summed E-state index contributed by atoms with van der Waals surface area (Å²) in [6.07, 6.45) is -1.03. The molecule has 2 aromatic carbocycles. The van der Waals surface area contributed by atoms with Crippen LogP contribution in [0.1, 0.15) is 23.1 Å². The molecular weight excluding hydrogens is 323 g/mol. The number of anilines is 1. The van der Waals surface area contributed by atoms with Crippen molar-refractivity contribution in [3.8, 4) is 16.9 Å². The fraction of sp³-hybridized carbons (Fsp3) is 0.158. The number of nitrogens with zero attached hydrogens (tertiary/aromatic N) is 1. The Morgan fingerprint density at radius 3 is 2.68 bits per heavy atom. The van der Waals surface area contributed by atoms with Gasteiger partial charge in [0.15, 0.2) is 0 Å². The second-order valence-corrected chi connectivity index (χ2v) is 5.92. The molecule has 1 N–H and O–H groups in total. The Balaban J connectivity index is 1.76. The molecule has 25 heavy (non-hydrogen) atoms. The Labute approximate surface area is 143 Å². The molecule has 126 valence electrons. The summed E-state index contributed by atoms with van der Waals surface area (Å²) in [6, 6.07) is 11.5. The zero-order valence-corrected chi connectivity index (χ0v) is 13.7. The average Bonchev–Trinajstić information content (AvgIpc) is 2.93. The molecule has 0 bridgehead atoms. The van der Waals surface area contributed by atoms with Crippen molar-refractivity contribution in [3.63, 3.8) is 0 Å². The van der Waals surface area contributed by atoms with Gasteiger partial charge in [-0.1, -0.05) is 29.4 Å². The summed E-state index contributed by atoms with van der Waals surface area (Å²) in [5.41, 5.74) is 3.26. The lowest BCUT2D eigenvalue weighted by Crippen LogP contribution is -2.30. The number of aryl methyl sites for hydroxylation is 2. The summed E-state index contributed by atoms with van der Waals surface area (Å²) < 4.78 is 25.1. The maximum Gasteiger partial charge on any atom is 0.270 e. The minimum Gasteiger partial charge on any atom is -0.473 e. The van der Waals surface area contributed by atoms with Crippen molar-refractivity contribution in [2.75, 3.05) is 5.32 Å². The first-order valence-electron chi connectivity index (χ1n) is 7.84. The first kappa shape index (κ1) is 15.4. The van der Waals surface area contributed by atoms with Gasteiger partial charge < -0.3 is 14.6 Å². The number of benzene rings is 2. The molecule has 1 amide bonds. The van der Waals surface area contributed by atoms with Crippen LogP contribution in [0.25, 0.3) is 11.1 Å². The highest BCUT2D eigenvalue weighted by molar-refractivity contribution is 5.98. The van der Waals surface area contributed by atoms with E-state index in [4.69, 9.17) is 9.26 Å². The van der Waals surface area contributed by atoms with Gasteiger partial charge in [-0.25, -0.2) is 4.39 Å². The van der Waals surface area contributed by atoms with Crippen LogP contribution in [0.15, 0.2) is 47.0 Å². The van der Waals surface area contributed by atoms with Crippen molar-refractivity contribution in [1.29, 1.82) is 0 Å². The summed E-state index contributed by atoms with van der Waals surface area (Å²) in [4.78, 5) is 12.3. The summed E-state index contributed by atoms with van der Waals surface area (Å²) in [5.74, 6) is 0.295. The number of aromatic nitrogens is 1. The van der Waals surface area contributed by atoms with E-state index < -0.39 is 17.8 Å². The third-order valence-corrected chi connectivity index (χ3v) is 4.23. The largest absolute Gasteiger partial charge is 0.473 e. The van der Waals surface area contributed by atoms with Gasteiger partial charge in [-0.15, -0.1) is 0 Å². The summed E-state index contributed by atoms with van der Waals surface area (Å²) in [7, 11) is 0. The van der Waals surface area contributed by atoms with Gasteiger partial charge in [0.2, 0.25) is 6.10 Å². The van der Waals surface area contributed by atoms with Crippen molar-refractivity contribution in [2.45, 2.75) is 20.0 Å². The van der Waals surface area contributed by atoms with Crippen LogP contribution in [-0.2, 0) is 4.79 Å². The van der Waals surface area contributed by atoms with Gasteiger partial charge in [0.25, 0.3) is 5.91 Å². The molecule has 5 nitrogen and oxygen atoms in total. The van der Waals surface area contributed by atoms with Crippen molar-refractivity contribution in [2.24, 2.45) is 0 Å².